The lowest BCUT2D eigenvalue weighted by atomic mass is 10.0. The van der Waals surface area contributed by atoms with E-state index in [2.05, 4.69) is 29.4 Å². The number of benzene rings is 2. The number of thioether (sulfide) groups is 1. The quantitative estimate of drug-likeness (QED) is 0.790. The molecule has 0 unspecified atom stereocenters. The number of amides is 2. The van der Waals surface area contributed by atoms with Gasteiger partial charge in [-0.05, 0) is 38.6 Å². The summed E-state index contributed by atoms with van der Waals surface area (Å²) in [5, 5.41) is 2.62. The van der Waals surface area contributed by atoms with E-state index in [0.29, 0.717) is 6.54 Å². The van der Waals surface area contributed by atoms with Gasteiger partial charge in [-0.25, -0.2) is 0 Å². The van der Waals surface area contributed by atoms with E-state index in [1.807, 2.05) is 61.2 Å². The molecule has 0 aromatic heterocycles. The van der Waals surface area contributed by atoms with E-state index in [0.717, 1.165) is 29.9 Å². The van der Waals surface area contributed by atoms with Crippen molar-refractivity contribution in [2.75, 3.05) is 37.8 Å². The summed E-state index contributed by atoms with van der Waals surface area (Å²) in [5.41, 5.74) is 3.09. The molecule has 1 aliphatic rings. The molecule has 5 nitrogen and oxygen atoms in total. The first kappa shape index (κ1) is 21.4. The number of hydrogen-bond donors (Lipinski definition) is 1. The van der Waals surface area contributed by atoms with E-state index < -0.39 is 0 Å². The van der Waals surface area contributed by atoms with Crippen molar-refractivity contribution in [1.29, 1.82) is 0 Å². The summed E-state index contributed by atoms with van der Waals surface area (Å²) < 4.78 is 0. The SMILES string of the molecule is Cc1ccc(NC(=O)CS[C@H](C)C(=O)N2CCN(C)C[C@H]2c2ccccc2)cc1. The fraction of sp³-hybridized carbons (Fsp3) is 0.391. The molecule has 2 aromatic carbocycles. The first-order valence-corrected chi connectivity index (χ1v) is 11.0. The predicted molar refractivity (Wildman–Crippen MR) is 120 cm³/mol. The number of carbonyl (C=O) groups excluding carboxylic acids is 2. The van der Waals surface area contributed by atoms with Gasteiger partial charge >= 0.3 is 0 Å². The van der Waals surface area contributed by atoms with Crippen molar-refractivity contribution < 1.29 is 9.59 Å². The number of nitrogens with one attached hydrogen (secondary N) is 1. The maximum absolute atomic E-state index is 13.2. The van der Waals surface area contributed by atoms with E-state index in [1.54, 1.807) is 0 Å². The zero-order valence-electron chi connectivity index (χ0n) is 17.3. The number of carbonyl (C=O) groups is 2. The molecule has 2 amide bonds. The predicted octanol–water partition coefficient (Wildman–Crippen LogP) is 3.57. The number of anilines is 1. The Morgan fingerprint density at radius 1 is 1.10 bits per heavy atom. The van der Waals surface area contributed by atoms with E-state index in [4.69, 9.17) is 0 Å². The highest BCUT2D eigenvalue weighted by molar-refractivity contribution is 8.01. The normalized spacial score (nSPS) is 18.3. The minimum Gasteiger partial charge on any atom is -0.332 e. The third kappa shape index (κ3) is 5.84. The lowest BCUT2D eigenvalue weighted by Crippen LogP contribution is -2.51. The van der Waals surface area contributed by atoms with Gasteiger partial charge < -0.3 is 15.1 Å². The summed E-state index contributed by atoms with van der Waals surface area (Å²) >= 11 is 1.39. The van der Waals surface area contributed by atoms with Crippen LogP contribution in [0.4, 0.5) is 5.69 Å². The van der Waals surface area contributed by atoms with Crippen molar-refractivity contribution in [3.63, 3.8) is 0 Å². The summed E-state index contributed by atoms with van der Waals surface area (Å²) in [4.78, 5) is 29.7. The van der Waals surface area contributed by atoms with Crippen LogP contribution >= 0.6 is 11.8 Å². The van der Waals surface area contributed by atoms with Crippen LogP contribution in [0, 0.1) is 6.92 Å². The molecule has 1 aliphatic heterocycles. The Bertz CT molecular complexity index is 826. The Morgan fingerprint density at radius 2 is 1.79 bits per heavy atom. The summed E-state index contributed by atoms with van der Waals surface area (Å²) in [6.07, 6.45) is 0. The number of rotatable bonds is 6. The second kappa shape index (κ2) is 9.94. The molecule has 6 heteroatoms. The maximum atomic E-state index is 13.2. The number of piperazine rings is 1. The smallest absolute Gasteiger partial charge is 0.236 e. The van der Waals surface area contributed by atoms with Crippen LogP contribution in [-0.4, -0.2) is 59.3 Å². The summed E-state index contributed by atoms with van der Waals surface area (Å²) in [5.74, 6) is 0.265. The second-order valence-corrected chi connectivity index (χ2v) is 8.92. The Kier molecular flexibility index (Phi) is 7.34. The van der Waals surface area contributed by atoms with Gasteiger partial charge in [0.1, 0.15) is 0 Å². The molecule has 154 valence electrons. The lowest BCUT2D eigenvalue weighted by Gasteiger charge is -2.41. The minimum absolute atomic E-state index is 0.0480. The average Bonchev–Trinajstić information content (AvgIpc) is 2.73. The van der Waals surface area contributed by atoms with Crippen molar-refractivity contribution in [3.8, 4) is 0 Å². The van der Waals surface area contributed by atoms with Gasteiger partial charge in [0.05, 0.1) is 17.0 Å². The molecule has 29 heavy (non-hydrogen) atoms. The number of nitrogens with zero attached hydrogens (tertiary/aromatic N) is 2. The lowest BCUT2D eigenvalue weighted by molar-refractivity contribution is -0.135. The molecule has 1 saturated heterocycles. The van der Waals surface area contributed by atoms with Gasteiger partial charge in [0.15, 0.2) is 0 Å². The van der Waals surface area contributed by atoms with Crippen molar-refractivity contribution in [3.05, 3.63) is 65.7 Å². The number of likely N-dealkylation sites (N-methyl/N-ethyl adjacent to an activating group) is 1. The first-order chi connectivity index (χ1) is 13.9. The molecule has 0 bridgehead atoms. The van der Waals surface area contributed by atoms with Gasteiger partial charge in [0, 0.05) is 25.3 Å². The second-order valence-electron chi connectivity index (χ2n) is 7.59. The standard InChI is InChI=1S/C23H29N3O2S/c1-17-9-11-20(12-10-17)24-22(27)16-29-18(2)23(28)26-14-13-25(3)15-21(26)19-7-5-4-6-8-19/h4-12,18,21H,13-16H2,1-3H3,(H,24,27)/t18-,21+/m1/s1. The van der Waals surface area contributed by atoms with Gasteiger partial charge in [-0.1, -0.05) is 48.0 Å². The topological polar surface area (TPSA) is 52.7 Å². The zero-order chi connectivity index (χ0) is 20.8. The molecule has 1 N–H and O–H groups in total. The third-order valence-corrected chi connectivity index (χ3v) is 6.33. The van der Waals surface area contributed by atoms with Gasteiger partial charge in [0.2, 0.25) is 11.8 Å². The van der Waals surface area contributed by atoms with Gasteiger partial charge in [0.25, 0.3) is 0 Å². The van der Waals surface area contributed by atoms with Gasteiger partial charge in [-0.2, -0.15) is 0 Å². The zero-order valence-corrected chi connectivity index (χ0v) is 18.1. The largest absolute Gasteiger partial charge is 0.332 e. The molecular weight excluding hydrogens is 382 g/mol. The highest BCUT2D eigenvalue weighted by atomic mass is 32.2. The molecule has 1 heterocycles. The molecule has 2 aromatic rings. The van der Waals surface area contributed by atoms with Crippen LogP contribution < -0.4 is 5.32 Å². The Morgan fingerprint density at radius 3 is 2.48 bits per heavy atom. The van der Waals surface area contributed by atoms with Crippen LogP contribution in [0.1, 0.15) is 24.1 Å². The highest BCUT2D eigenvalue weighted by Crippen LogP contribution is 2.27. The van der Waals surface area contributed by atoms with Crippen molar-refractivity contribution in [1.82, 2.24) is 9.80 Å². The summed E-state index contributed by atoms with van der Waals surface area (Å²) in [6, 6.07) is 17.9. The molecular formula is C23H29N3O2S. The van der Waals surface area contributed by atoms with Crippen molar-refractivity contribution in [2.24, 2.45) is 0 Å². The Hall–Kier alpha value is -2.31. The highest BCUT2D eigenvalue weighted by Gasteiger charge is 2.32. The van der Waals surface area contributed by atoms with Crippen LogP contribution in [0.3, 0.4) is 0 Å². The molecule has 0 spiro atoms. The monoisotopic (exact) mass is 411 g/mol. The summed E-state index contributed by atoms with van der Waals surface area (Å²) in [7, 11) is 2.09. The van der Waals surface area contributed by atoms with Crippen molar-refractivity contribution in [2.45, 2.75) is 25.1 Å². The fourth-order valence-corrected chi connectivity index (χ4v) is 4.23. The van der Waals surface area contributed by atoms with E-state index in [1.165, 1.54) is 11.8 Å². The van der Waals surface area contributed by atoms with Crippen LogP contribution in [-0.2, 0) is 9.59 Å². The van der Waals surface area contributed by atoms with Gasteiger partial charge in [-0.3, -0.25) is 9.59 Å². The van der Waals surface area contributed by atoms with E-state index >= 15 is 0 Å². The molecule has 1 fully saturated rings. The average molecular weight is 412 g/mol. The molecule has 2 atom stereocenters. The minimum atomic E-state index is -0.270. The van der Waals surface area contributed by atoms with Crippen LogP contribution in [0.5, 0.6) is 0 Å². The molecule has 3 rings (SSSR count). The number of hydrogen-bond acceptors (Lipinski definition) is 4. The van der Waals surface area contributed by atoms with Gasteiger partial charge in [-0.15, -0.1) is 11.8 Å². The molecule has 0 saturated carbocycles. The summed E-state index contributed by atoms with van der Waals surface area (Å²) in [6.45, 7) is 6.29. The van der Waals surface area contributed by atoms with Crippen LogP contribution in [0.25, 0.3) is 0 Å². The van der Waals surface area contributed by atoms with Crippen molar-refractivity contribution >= 4 is 29.3 Å². The third-order valence-electron chi connectivity index (χ3n) is 5.20. The molecule has 0 aliphatic carbocycles. The Labute approximate surface area is 177 Å². The molecule has 0 radical (unpaired) electrons. The van der Waals surface area contributed by atoms with E-state index in [-0.39, 0.29) is 28.9 Å². The van der Waals surface area contributed by atoms with E-state index in [9.17, 15) is 9.59 Å². The van der Waals surface area contributed by atoms with Crippen LogP contribution in [0.2, 0.25) is 0 Å². The first-order valence-electron chi connectivity index (χ1n) is 9.96. The number of aryl methyl sites for hydroxylation is 1. The Balaban J connectivity index is 1.57. The fourth-order valence-electron chi connectivity index (χ4n) is 3.48. The van der Waals surface area contributed by atoms with Crippen LogP contribution in [0.15, 0.2) is 54.6 Å². The maximum Gasteiger partial charge on any atom is 0.236 e.